The van der Waals surface area contributed by atoms with Crippen molar-refractivity contribution in [2.45, 2.75) is 18.6 Å². The van der Waals surface area contributed by atoms with Gasteiger partial charge in [-0.25, -0.2) is 17.8 Å². The van der Waals surface area contributed by atoms with Gasteiger partial charge in [-0.3, -0.25) is 0 Å². The van der Waals surface area contributed by atoms with Crippen molar-refractivity contribution in [1.82, 2.24) is 14.9 Å². The second kappa shape index (κ2) is 11.0. The Labute approximate surface area is 205 Å². The molecule has 1 aromatic heterocycles. The highest BCUT2D eigenvalue weighted by Crippen LogP contribution is 2.26. The highest BCUT2D eigenvalue weighted by atomic mass is 32.2. The minimum absolute atomic E-state index is 0.0581. The van der Waals surface area contributed by atoms with Crippen LogP contribution in [0, 0.1) is 11.7 Å². The molecule has 3 aromatic rings. The number of nitrogens with zero attached hydrogens (tertiary/aromatic N) is 3. The van der Waals surface area contributed by atoms with E-state index < -0.39 is 15.7 Å². The lowest BCUT2D eigenvalue weighted by Crippen LogP contribution is -2.34. The molecule has 2 N–H and O–H groups in total. The fourth-order valence-electron chi connectivity index (χ4n) is 4.11. The summed E-state index contributed by atoms with van der Waals surface area (Å²) in [4.78, 5) is 10.6. The van der Waals surface area contributed by atoms with E-state index in [0.717, 1.165) is 37.7 Å². The first-order valence-corrected chi connectivity index (χ1v) is 13.5. The quantitative estimate of drug-likeness (QED) is 0.448. The molecule has 1 saturated heterocycles. The molecule has 0 spiro atoms. The van der Waals surface area contributed by atoms with Crippen LogP contribution in [0.4, 0.5) is 27.5 Å². The van der Waals surface area contributed by atoms with Crippen LogP contribution in [0.5, 0.6) is 5.75 Å². The number of piperidine rings is 1. The molecule has 0 radical (unpaired) electrons. The van der Waals surface area contributed by atoms with Crippen molar-refractivity contribution < 1.29 is 17.5 Å². The summed E-state index contributed by atoms with van der Waals surface area (Å²) >= 11 is 0. The van der Waals surface area contributed by atoms with Gasteiger partial charge in [0.25, 0.3) is 0 Å². The summed E-state index contributed by atoms with van der Waals surface area (Å²) < 4.78 is 44.0. The molecular formula is C25H30FN5O3S. The first-order valence-electron chi connectivity index (χ1n) is 11.5. The number of benzene rings is 2. The standard InChI is InChI=1S/C25H30FN5O3S/c1-31-12-6-7-18(15-31)16-34-21-10-5-9-20(13-21)28-25-27-14-22(26)24(30-25)29-23-11-4-3-8-19(23)17-35(2,32)33/h3-5,8-11,13-14,18H,6-7,12,15-17H2,1-2H3,(H2,27,28,29,30). The lowest BCUT2D eigenvalue weighted by atomic mass is 10.00. The van der Waals surface area contributed by atoms with Crippen LogP contribution in [0.15, 0.2) is 54.7 Å². The predicted molar refractivity (Wildman–Crippen MR) is 136 cm³/mol. The third-order valence-corrected chi connectivity index (χ3v) is 6.57. The Morgan fingerprint density at radius 3 is 2.80 bits per heavy atom. The zero-order valence-electron chi connectivity index (χ0n) is 19.9. The monoisotopic (exact) mass is 499 g/mol. The number of rotatable bonds is 9. The minimum Gasteiger partial charge on any atom is -0.493 e. The lowest BCUT2D eigenvalue weighted by Gasteiger charge is -2.29. The maximum atomic E-state index is 14.5. The van der Waals surface area contributed by atoms with E-state index in [1.54, 1.807) is 24.3 Å². The number of ether oxygens (including phenoxy) is 1. The Kier molecular flexibility index (Phi) is 7.82. The zero-order chi connectivity index (χ0) is 24.8. The van der Waals surface area contributed by atoms with Crippen LogP contribution < -0.4 is 15.4 Å². The molecule has 10 heteroatoms. The van der Waals surface area contributed by atoms with Crippen LogP contribution in [0.2, 0.25) is 0 Å². The average molecular weight is 500 g/mol. The van der Waals surface area contributed by atoms with Gasteiger partial charge in [0.15, 0.2) is 21.5 Å². The molecule has 35 heavy (non-hydrogen) atoms. The fraction of sp³-hybridized carbons (Fsp3) is 0.360. The Bertz CT molecular complexity index is 1270. The summed E-state index contributed by atoms with van der Waals surface area (Å²) in [6, 6.07) is 14.3. The van der Waals surface area contributed by atoms with Gasteiger partial charge in [-0.1, -0.05) is 24.3 Å². The molecule has 0 amide bonds. The van der Waals surface area contributed by atoms with E-state index in [0.29, 0.717) is 29.5 Å². The third-order valence-electron chi connectivity index (χ3n) is 5.73. The van der Waals surface area contributed by atoms with Gasteiger partial charge >= 0.3 is 0 Å². The first-order chi connectivity index (χ1) is 16.7. The Morgan fingerprint density at radius 1 is 1.17 bits per heavy atom. The molecule has 1 unspecified atom stereocenters. The Hall–Kier alpha value is -3.24. The first kappa shape index (κ1) is 24.9. The SMILES string of the molecule is CN1CCCC(COc2cccc(Nc3ncc(F)c(Nc4ccccc4CS(C)(=O)=O)n3)c2)C1. The van der Waals surface area contributed by atoms with Gasteiger partial charge in [0.05, 0.1) is 18.6 Å². The molecule has 1 atom stereocenters. The molecule has 8 nitrogen and oxygen atoms in total. The van der Waals surface area contributed by atoms with Gasteiger partial charge in [0.1, 0.15) is 5.75 Å². The fourth-order valence-corrected chi connectivity index (χ4v) is 4.93. The number of hydrogen-bond donors (Lipinski definition) is 2. The summed E-state index contributed by atoms with van der Waals surface area (Å²) in [6.45, 7) is 2.82. The normalized spacial score (nSPS) is 16.6. The molecular weight excluding hydrogens is 469 g/mol. The number of para-hydroxylation sites is 1. The van der Waals surface area contributed by atoms with Crippen LogP contribution >= 0.6 is 0 Å². The van der Waals surface area contributed by atoms with Crippen molar-refractivity contribution in [2.75, 3.05) is 43.6 Å². The molecule has 1 aliphatic heterocycles. The summed E-state index contributed by atoms with van der Waals surface area (Å²) in [6.07, 6.45) is 4.57. The molecule has 186 valence electrons. The highest BCUT2D eigenvalue weighted by Gasteiger charge is 2.18. The lowest BCUT2D eigenvalue weighted by molar-refractivity contribution is 0.150. The molecule has 4 rings (SSSR count). The maximum Gasteiger partial charge on any atom is 0.229 e. The second-order valence-electron chi connectivity index (χ2n) is 8.98. The van der Waals surface area contributed by atoms with Gasteiger partial charge in [0, 0.05) is 36.2 Å². The van der Waals surface area contributed by atoms with Crippen LogP contribution in [-0.2, 0) is 15.6 Å². The largest absolute Gasteiger partial charge is 0.493 e. The van der Waals surface area contributed by atoms with E-state index in [1.807, 2.05) is 24.3 Å². The van der Waals surface area contributed by atoms with E-state index in [4.69, 9.17) is 4.74 Å². The van der Waals surface area contributed by atoms with E-state index in [9.17, 15) is 12.8 Å². The number of halogens is 1. The molecule has 0 bridgehead atoms. The van der Waals surface area contributed by atoms with Crippen molar-refractivity contribution >= 4 is 33.0 Å². The number of sulfone groups is 1. The number of aromatic nitrogens is 2. The second-order valence-corrected chi connectivity index (χ2v) is 11.1. The summed E-state index contributed by atoms with van der Waals surface area (Å²) in [7, 11) is -1.13. The molecule has 0 saturated carbocycles. The molecule has 2 heterocycles. The minimum atomic E-state index is -3.26. The van der Waals surface area contributed by atoms with Gasteiger partial charge in [-0.2, -0.15) is 4.98 Å². The van der Waals surface area contributed by atoms with Crippen LogP contribution in [-0.4, -0.2) is 56.3 Å². The highest BCUT2D eigenvalue weighted by molar-refractivity contribution is 7.89. The number of nitrogens with one attached hydrogen (secondary N) is 2. The van der Waals surface area contributed by atoms with E-state index >= 15 is 0 Å². The van der Waals surface area contributed by atoms with Crippen LogP contribution in [0.25, 0.3) is 0 Å². The van der Waals surface area contributed by atoms with Gasteiger partial charge in [-0.05, 0) is 50.2 Å². The van der Waals surface area contributed by atoms with Crippen LogP contribution in [0.1, 0.15) is 18.4 Å². The molecule has 2 aromatic carbocycles. The van der Waals surface area contributed by atoms with Crippen molar-refractivity contribution in [3.63, 3.8) is 0 Å². The molecule has 0 aliphatic carbocycles. The van der Waals surface area contributed by atoms with Crippen molar-refractivity contribution in [1.29, 1.82) is 0 Å². The van der Waals surface area contributed by atoms with Crippen LogP contribution in [0.3, 0.4) is 0 Å². The van der Waals surface area contributed by atoms with E-state index in [-0.39, 0.29) is 17.5 Å². The zero-order valence-corrected chi connectivity index (χ0v) is 20.7. The topological polar surface area (TPSA) is 96.5 Å². The van der Waals surface area contributed by atoms with E-state index in [1.165, 1.54) is 6.42 Å². The van der Waals surface area contributed by atoms with Crippen molar-refractivity contribution in [3.8, 4) is 5.75 Å². The van der Waals surface area contributed by atoms with Gasteiger partial charge in [0.2, 0.25) is 5.95 Å². The van der Waals surface area contributed by atoms with Gasteiger partial charge in [-0.15, -0.1) is 0 Å². The Balaban J connectivity index is 1.45. The summed E-state index contributed by atoms with van der Waals surface area (Å²) in [5, 5.41) is 5.98. The Morgan fingerprint density at radius 2 is 2.00 bits per heavy atom. The number of anilines is 4. The van der Waals surface area contributed by atoms with Gasteiger partial charge < -0.3 is 20.3 Å². The smallest absolute Gasteiger partial charge is 0.229 e. The van der Waals surface area contributed by atoms with Crippen molar-refractivity contribution in [2.24, 2.45) is 5.92 Å². The average Bonchev–Trinajstić information content (AvgIpc) is 2.81. The third kappa shape index (κ3) is 7.37. The number of hydrogen-bond acceptors (Lipinski definition) is 8. The number of likely N-dealkylation sites (tertiary alicyclic amines) is 1. The predicted octanol–water partition coefficient (Wildman–Crippen LogP) is 4.37. The molecule has 1 fully saturated rings. The molecule has 1 aliphatic rings. The summed E-state index contributed by atoms with van der Waals surface area (Å²) in [5.74, 6) is 0.554. The maximum absolute atomic E-state index is 14.5. The van der Waals surface area contributed by atoms with Crippen molar-refractivity contribution in [3.05, 3.63) is 66.1 Å². The summed E-state index contributed by atoms with van der Waals surface area (Å²) in [5.41, 5.74) is 1.69. The van der Waals surface area contributed by atoms with E-state index in [2.05, 4.69) is 32.5 Å².